The Hall–Kier alpha value is -4.14. The molecule has 0 aliphatic carbocycles. The van der Waals surface area contributed by atoms with E-state index in [-0.39, 0.29) is 17.6 Å². The van der Waals surface area contributed by atoms with Crippen molar-refractivity contribution in [3.8, 4) is 17.3 Å². The largest absolute Gasteiger partial charge is 0.389 e. The number of β-amino-alcohol motifs (C(OH)–C–C–N with tert-alkyl or cyclic N) is 1. The van der Waals surface area contributed by atoms with E-state index < -0.39 is 0 Å². The van der Waals surface area contributed by atoms with Crippen LogP contribution in [0.1, 0.15) is 41.6 Å². The Labute approximate surface area is 261 Å². The Balaban J connectivity index is 1.13. The highest BCUT2D eigenvalue weighted by molar-refractivity contribution is 7.16. The van der Waals surface area contributed by atoms with Crippen LogP contribution in [0.25, 0.3) is 16.8 Å². The van der Waals surface area contributed by atoms with Gasteiger partial charge >= 0.3 is 6.03 Å². The number of likely N-dealkylation sites (tertiary alicyclic amines) is 2. The van der Waals surface area contributed by atoms with Gasteiger partial charge in [-0.05, 0) is 45.2 Å². The first-order chi connectivity index (χ1) is 21.2. The van der Waals surface area contributed by atoms with Gasteiger partial charge in [0.05, 0.1) is 36.1 Å². The molecule has 44 heavy (non-hydrogen) atoms. The molecule has 10 nitrogen and oxygen atoms in total. The van der Waals surface area contributed by atoms with Gasteiger partial charge in [0.1, 0.15) is 16.6 Å². The number of piperidine rings is 1. The third-order valence-electron chi connectivity index (χ3n) is 9.59. The smallest absolute Gasteiger partial charge is 0.320 e. The van der Waals surface area contributed by atoms with Crippen molar-refractivity contribution in [1.29, 1.82) is 5.26 Å². The zero-order chi connectivity index (χ0) is 30.7. The molecule has 3 saturated heterocycles. The van der Waals surface area contributed by atoms with Crippen LogP contribution in [0.5, 0.6) is 0 Å². The Morgan fingerprint density at radius 3 is 2.48 bits per heavy atom. The number of pyridine rings is 1. The summed E-state index contributed by atoms with van der Waals surface area (Å²) < 4.78 is 2.03. The van der Waals surface area contributed by atoms with Crippen molar-refractivity contribution in [2.45, 2.75) is 46.1 Å². The number of benzene rings is 1. The standard InChI is InChI=1S/C33H38N8O2S/c1-5-26-30(37(4)31-35-29(28(16-34)44-31)23-8-6-21(2)7-9-23)27-15-24(14-22(3)41(27)36-26)38-12-10-33(11-13-38)19-40(20-33)32(43)39-17-25(42)18-39/h6-9,14-15,25,42H,5,10-13,17-20H2,1-4H3. The predicted octanol–water partition coefficient (Wildman–Crippen LogP) is 4.98. The molecule has 3 aromatic heterocycles. The van der Waals surface area contributed by atoms with Crippen molar-refractivity contribution in [2.24, 2.45) is 5.41 Å². The molecule has 0 bridgehead atoms. The molecular formula is C33H38N8O2S. The quantitative estimate of drug-likeness (QED) is 0.340. The second-order valence-corrected chi connectivity index (χ2v) is 13.7. The molecule has 0 saturated carbocycles. The maximum Gasteiger partial charge on any atom is 0.320 e. The number of carbonyl (C=O) groups excluding carboxylic acids is 1. The van der Waals surface area contributed by atoms with Gasteiger partial charge in [0.2, 0.25) is 0 Å². The van der Waals surface area contributed by atoms with Crippen molar-refractivity contribution in [2.75, 3.05) is 56.1 Å². The van der Waals surface area contributed by atoms with E-state index in [9.17, 15) is 15.2 Å². The summed E-state index contributed by atoms with van der Waals surface area (Å²) in [6, 6.07) is 15.0. The predicted molar refractivity (Wildman–Crippen MR) is 173 cm³/mol. The monoisotopic (exact) mass is 610 g/mol. The number of nitrogens with zero attached hydrogens (tertiary/aromatic N) is 8. The first-order valence-electron chi connectivity index (χ1n) is 15.4. The van der Waals surface area contributed by atoms with Gasteiger partial charge in [-0.2, -0.15) is 10.4 Å². The summed E-state index contributed by atoms with van der Waals surface area (Å²) in [5.41, 5.74) is 8.32. The zero-order valence-corrected chi connectivity index (χ0v) is 26.6. The number of nitriles is 1. The molecule has 0 unspecified atom stereocenters. The van der Waals surface area contributed by atoms with Gasteiger partial charge in [0.15, 0.2) is 5.13 Å². The third-order valence-corrected chi connectivity index (χ3v) is 10.6. The van der Waals surface area contributed by atoms with Crippen LogP contribution in [-0.2, 0) is 6.42 Å². The number of urea groups is 1. The van der Waals surface area contributed by atoms with Gasteiger partial charge in [-0.15, -0.1) is 0 Å². The minimum absolute atomic E-state index is 0.0710. The van der Waals surface area contributed by atoms with Gasteiger partial charge in [0, 0.05) is 55.6 Å². The van der Waals surface area contributed by atoms with E-state index in [1.807, 2.05) is 40.7 Å². The molecule has 0 atom stereocenters. The number of carbonyl (C=O) groups is 1. The number of aliphatic hydroxyl groups excluding tert-OH is 1. The summed E-state index contributed by atoms with van der Waals surface area (Å²) in [7, 11) is 2.02. The van der Waals surface area contributed by atoms with E-state index in [4.69, 9.17) is 10.1 Å². The lowest BCUT2D eigenvalue weighted by Crippen LogP contribution is -2.67. The molecule has 3 fully saturated rings. The van der Waals surface area contributed by atoms with Gasteiger partial charge in [-0.1, -0.05) is 48.1 Å². The summed E-state index contributed by atoms with van der Waals surface area (Å²) in [6.07, 6.45) is 2.51. The molecule has 3 aliphatic rings. The minimum atomic E-state index is -0.365. The van der Waals surface area contributed by atoms with E-state index in [2.05, 4.69) is 48.8 Å². The van der Waals surface area contributed by atoms with Crippen molar-refractivity contribution in [3.63, 3.8) is 0 Å². The highest BCUT2D eigenvalue weighted by Crippen LogP contribution is 2.43. The molecular weight excluding hydrogens is 572 g/mol. The van der Waals surface area contributed by atoms with Crippen LogP contribution in [0.4, 0.5) is 21.3 Å². The lowest BCUT2D eigenvalue weighted by molar-refractivity contribution is -0.0311. The fourth-order valence-electron chi connectivity index (χ4n) is 6.91. The average Bonchev–Trinajstić information content (AvgIpc) is 3.60. The number of rotatable bonds is 5. The van der Waals surface area contributed by atoms with Gasteiger partial charge in [-0.25, -0.2) is 14.3 Å². The van der Waals surface area contributed by atoms with Crippen LogP contribution >= 0.6 is 11.3 Å². The average molecular weight is 611 g/mol. The van der Waals surface area contributed by atoms with Crippen LogP contribution in [0.2, 0.25) is 0 Å². The molecule has 1 aromatic carbocycles. The molecule has 2 amide bonds. The molecule has 1 N–H and O–H groups in total. The van der Waals surface area contributed by atoms with Crippen LogP contribution in [-0.4, -0.2) is 88.0 Å². The Bertz CT molecular complexity index is 1770. The first-order valence-corrected chi connectivity index (χ1v) is 16.2. The summed E-state index contributed by atoms with van der Waals surface area (Å²) >= 11 is 1.41. The Morgan fingerprint density at radius 1 is 1.14 bits per heavy atom. The number of amides is 2. The van der Waals surface area contributed by atoms with E-state index in [0.29, 0.717) is 23.7 Å². The van der Waals surface area contributed by atoms with Gasteiger partial charge in [0.25, 0.3) is 0 Å². The number of anilines is 3. The maximum atomic E-state index is 12.7. The molecule has 3 aliphatic heterocycles. The molecule has 1 spiro atoms. The third kappa shape index (κ3) is 4.77. The second kappa shape index (κ2) is 10.8. The van der Waals surface area contributed by atoms with Gasteiger partial charge in [-0.3, -0.25) is 0 Å². The minimum Gasteiger partial charge on any atom is -0.389 e. The summed E-state index contributed by atoms with van der Waals surface area (Å²) in [6.45, 7) is 10.7. The number of fused-ring (bicyclic) bond motifs is 1. The molecule has 4 aromatic rings. The van der Waals surface area contributed by atoms with E-state index >= 15 is 0 Å². The summed E-state index contributed by atoms with van der Waals surface area (Å²) in [4.78, 5) is 26.5. The highest BCUT2D eigenvalue weighted by atomic mass is 32.1. The van der Waals surface area contributed by atoms with E-state index in [0.717, 1.165) is 78.7 Å². The van der Waals surface area contributed by atoms with Crippen LogP contribution in [0, 0.1) is 30.6 Å². The first kappa shape index (κ1) is 28.6. The molecule has 6 heterocycles. The second-order valence-electron chi connectivity index (χ2n) is 12.7. The Kier molecular flexibility index (Phi) is 7.02. The van der Waals surface area contributed by atoms with Gasteiger partial charge < -0.3 is 24.7 Å². The maximum absolute atomic E-state index is 12.7. The normalized spacial score (nSPS) is 18.0. The number of aryl methyl sites for hydroxylation is 3. The van der Waals surface area contributed by atoms with Crippen molar-refractivity contribution >= 4 is 39.4 Å². The molecule has 11 heteroatoms. The fraction of sp³-hybridized carbons (Fsp3) is 0.455. The zero-order valence-electron chi connectivity index (χ0n) is 25.7. The summed E-state index contributed by atoms with van der Waals surface area (Å²) in [5, 5.41) is 25.3. The molecule has 0 radical (unpaired) electrons. The van der Waals surface area contributed by atoms with Crippen LogP contribution in [0.15, 0.2) is 36.4 Å². The molecule has 7 rings (SSSR count). The number of thiazole rings is 1. The lowest BCUT2D eigenvalue weighted by Gasteiger charge is -2.55. The lowest BCUT2D eigenvalue weighted by atomic mass is 9.72. The Morgan fingerprint density at radius 2 is 1.84 bits per heavy atom. The topological polar surface area (TPSA) is 104 Å². The van der Waals surface area contributed by atoms with Crippen molar-refractivity contribution < 1.29 is 9.90 Å². The van der Waals surface area contributed by atoms with Crippen LogP contribution in [0.3, 0.4) is 0 Å². The molecule has 228 valence electrons. The number of hydrogen-bond donors (Lipinski definition) is 1. The number of hydrogen-bond acceptors (Lipinski definition) is 8. The van der Waals surface area contributed by atoms with E-state index in [1.165, 1.54) is 22.6 Å². The van der Waals surface area contributed by atoms with Crippen LogP contribution < -0.4 is 9.80 Å². The highest BCUT2D eigenvalue weighted by Gasteiger charge is 2.48. The van der Waals surface area contributed by atoms with Crippen molar-refractivity contribution in [1.82, 2.24) is 24.4 Å². The number of aliphatic hydroxyl groups is 1. The SMILES string of the molecule is CCc1nn2c(C)cc(N3CCC4(CC3)CN(C(=O)N3CC(O)C3)C4)cc2c1N(C)c1nc(-c2ccc(C)cc2)c(C#N)s1. The summed E-state index contributed by atoms with van der Waals surface area (Å²) in [5.74, 6) is 0. The number of aromatic nitrogens is 3. The van der Waals surface area contributed by atoms with Crippen molar-refractivity contribution in [3.05, 3.63) is 58.2 Å². The fourth-order valence-corrected chi connectivity index (χ4v) is 7.76. The van der Waals surface area contributed by atoms with E-state index in [1.54, 1.807) is 4.90 Å².